The maximum absolute atomic E-state index is 10.6. The molecular weight excluding hydrogens is 158 g/mol. The summed E-state index contributed by atoms with van der Waals surface area (Å²) in [5, 5.41) is 7.00. The number of ether oxygens (including phenoxy) is 1. The van der Waals surface area contributed by atoms with E-state index in [0.29, 0.717) is 25.5 Å². The number of nitrogens with two attached hydrogens (primary N) is 1. The van der Waals surface area contributed by atoms with E-state index in [1.165, 1.54) is 0 Å². The van der Waals surface area contributed by atoms with E-state index in [1.807, 2.05) is 13.8 Å². The van der Waals surface area contributed by atoms with E-state index in [-0.39, 0.29) is 5.97 Å². The van der Waals surface area contributed by atoms with Crippen LogP contribution in [0.5, 0.6) is 0 Å². The molecule has 74 valence electrons. The third-order valence-electron chi connectivity index (χ3n) is 0.926. The third-order valence-corrected chi connectivity index (χ3v) is 0.926. The lowest BCUT2D eigenvalue weighted by atomic mass is 10.2. The molecule has 0 saturated heterocycles. The molecule has 0 aromatic carbocycles. The third kappa shape index (κ3) is 12.1. The standard InChI is InChI=1S/C7H15NO2.CH4O/c1-6(2)5-10-7(9)3-4-8;1-2/h6H,3-5,8H2,1-2H3;2H,1H3. The Morgan fingerprint density at radius 3 is 2.33 bits per heavy atom. The summed E-state index contributed by atoms with van der Waals surface area (Å²) in [6.07, 6.45) is 0.326. The topological polar surface area (TPSA) is 72.5 Å². The Kier molecular flexibility index (Phi) is 12.1. The van der Waals surface area contributed by atoms with E-state index < -0.39 is 0 Å². The molecule has 0 radical (unpaired) electrons. The predicted octanol–water partition coefficient (Wildman–Crippen LogP) is 0.143. The number of aliphatic hydroxyl groups excluding tert-OH is 1. The van der Waals surface area contributed by atoms with E-state index in [2.05, 4.69) is 0 Å². The molecular formula is C8H19NO3. The summed E-state index contributed by atoms with van der Waals surface area (Å²) in [4.78, 5) is 10.6. The normalized spacial score (nSPS) is 8.83. The zero-order valence-corrected chi connectivity index (χ0v) is 8.04. The first kappa shape index (κ1) is 13.9. The Bertz CT molecular complexity index is 104. The fourth-order valence-electron chi connectivity index (χ4n) is 0.450. The van der Waals surface area contributed by atoms with Gasteiger partial charge in [0.15, 0.2) is 0 Å². The zero-order chi connectivity index (χ0) is 9.98. The number of aliphatic hydroxyl groups is 1. The molecule has 0 aromatic rings. The first-order valence-corrected chi connectivity index (χ1v) is 3.97. The van der Waals surface area contributed by atoms with Crippen LogP contribution in [0.1, 0.15) is 20.3 Å². The minimum Gasteiger partial charge on any atom is -0.465 e. The van der Waals surface area contributed by atoms with Crippen LogP contribution in [0.25, 0.3) is 0 Å². The summed E-state index contributed by atoms with van der Waals surface area (Å²) in [6.45, 7) is 4.86. The van der Waals surface area contributed by atoms with Crippen molar-refractivity contribution in [3.8, 4) is 0 Å². The summed E-state index contributed by atoms with van der Waals surface area (Å²) in [6, 6.07) is 0. The SMILES string of the molecule is CC(C)COC(=O)CCN.CO. The highest BCUT2D eigenvalue weighted by Gasteiger charge is 2.01. The Labute approximate surface area is 73.7 Å². The van der Waals surface area contributed by atoms with Gasteiger partial charge in [0.1, 0.15) is 0 Å². The quantitative estimate of drug-likeness (QED) is 0.599. The monoisotopic (exact) mass is 177 g/mol. The van der Waals surface area contributed by atoms with Crippen LogP contribution in [0.2, 0.25) is 0 Å². The van der Waals surface area contributed by atoms with E-state index >= 15 is 0 Å². The van der Waals surface area contributed by atoms with Crippen LogP contribution in [0.3, 0.4) is 0 Å². The van der Waals surface area contributed by atoms with Crippen LogP contribution in [0.15, 0.2) is 0 Å². The number of carbonyl (C=O) groups is 1. The van der Waals surface area contributed by atoms with Crippen LogP contribution in [0.4, 0.5) is 0 Å². The Morgan fingerprint density at radius 2 is 2.00 bits per heavy atom. The molecule has 12 heavy (non-hydrogen) atoms. The van der Waals surface area contributed by atoms with Gasteiger partial charge < -0.3 is 15.6 Å². The van der Waals surface area contributed by atoms with E-state index in [9.17, 15) is 4.79 Å². The van der Waals surface area contributed by atoms with Crippen LogP contribution in [0, 0.1) is 5.92 Å². The average Bonchev–Trinajstić information content (AvgIpc) is 2.05. The highest BCUT2D eigenvalue weighted by atomic mass is 16.5. The van der Waals surface area contributed by atoms with Crippen LogP contribution in [-0.2, 0) is 9.53 Å². The fourth-order valence-corrected chi connectivity index (χ4v) is 0.450. The van der Waals surface area contributed by atoms with Gasteiger partial charge in [0, 0.05) is 13.7 Å². The van der Waals surface area contributed by atoms with Crippen LogP contribution in [-0.4, -0.2) is 31.3 Å². The van der Waals surface area contributed by atoms with Gasteiger partial charge in [-0.15, -0.1) is 0 Å². The summed E-state index contributed by atoms with van der Waals surface area (Å²) in [7, 11) is 1.00. The lowest BCUT2D eigenvalue weighted by Gasteiger charge is -2.05. The van der Waals surface area contributed by atoms with Gasteiger partial charge in [0.05, 0.1) is 13.0 Å². The maximum atomic E-state index is 10.6. The molecule has 0 aliphatic carbocycles. The summed E-state index contributed by atoms with van der Waals surface area (Å²) < 4.78 is 4.82. The van der Waals surface area contributed by atoms with Crippen molar-refractivity contribution in [3.05, 3.63) is 0 Å². The summed E-state index contributed by atoms with van der Waals surface area (Å²) in [5.74, 6) is 0.206. The minimum absolute atomic E-state index is 0.198. The second-order valence-electron chi connectivity index (χ2n) is 2.62. The first-order chi connectivity index (χ1) is 5.66. The number of hydrogen-bond acceptors (Lipinski definition) is 4. The van der Waals surface area contributed by atoms with Gasteiger partial charge >= 0.3 is 5.97 Å². The Hall–Kier alpha value is -0.610. The fraction of sp³-hybridized carbons (Fsp3) is 0.875. The molecule has 4 nitrogen and oxygen atoms in total. The van der Waals surface area contributed by atoms with Crippen molar-refractivity contribution in [2.24, 2.45) is 11.7 Å². The Balaban J connectivity index is 0. The van der Waals surface area contributed by atoms with Gasteiger partial charge in [-0.3, -0.25) is 4.79 Å². The molecule has 0 saturated carbocycles. The second-order valence-corrected chi connectivity index (χ2v) is 2.62. The Morgan fingerprint density at radius 1 is 1.50 bits per heavy atom. The second kappa shape index (κ2) is 10.4. The van der Waals surface area contributed by atoms with Gasteiger partial charge in [0.25, 0.3) is 0 Å². The molecule has 0 rings (SSSR count). The van der Waals surface area contributed by atoms with Crippen molar-refractivity contribution >= 4 is 5.97 Å². The molecule has 0 bridgehead atoms. The molecule has 0 aromatic heterocycles. The maximum Gasteiger partial charge on any atom is 0.307 e. The van der Waals surface area contributed by atoms with Gasteiger partial charge in [0.2, 0.25) is 0 Å². The molecule has 0 spiro atoms. The molecule has 0 heterocycles. The first-order valence-electron chi connectivity index (χ1n) is 3.97. The van der Waals surface area contributed by atoms with Crippen molar-refractivity contribution in [2.75, 3.05) is 20.3 Å². The molecule has 3 N–H and O–H groups in total. The van der Waals surface area contributed by atoms with Gasteiger partial charge in [-0.1, -0.05) is 13.8 Å². The molecule has 0 atom stereocenters. The average molecular weight is 177 g/mol. The number of hydrogen-bond donors (Lipinski definition) is 2. The van der Waals surface area contributed by atoms with Crippen LogP contribution < -0.4 is 5.73 Å². The number of esters is 1. The number of carbonyl (C=O) groups excluding carboxylic acids is 1. The van der Waals surface area contributed by atoms with E-state index in [1.54, 1.807) is 0 Å². The smallest absolute Gasteiger partial charge is 0.307 e. The molecule has 4 heteroatoms. The predicted molar refractivity (Wildman–Crippen MR) is 47.6 cm³/mol. The zero-order valence-electron chi connectivity index (χ0n) is 8.04. The van der Waals surface area contributed by atoms with Crippen LogP contribution >= 0.6 is 0 Å². The van der Waals surface area contributed by atoms with Crippen molar-refractivity contribution in [1.29, 1.82) is 0 Å². The molecule has 0 aliphatic heterocycles. The molecule has 0 amide bonds. The lowest BCUT2D eigenvalue weighted by Crippen LogP contribution is -2.13. The summed E-state index contributed by atoms with van der Waals surface area (Å²) >= 11 is 0. The van der Waals surface area contributed by atoms with Crippen molar-refractivity contribution in [3.63, 3.8) is 0 Å². The highest BCUT2D eigenvalue weighted by Crippen LogP contribution is 1.93. The lowest BCUT2D eigenvalue weighted by molar-refractivity contribution is -0.144. The molecule has 0 aliphatic rings. The minimum atomic E-state index is -0.198. The summed E-state index contributed by atoms with van der Waals surface area (Å²) in [5.41, 5.74) is 5.13. The molecule has 0 fully saturated rings. The highest BCUT2D eigenvalue weighted by molar-refractivity contribution is 5.69. The number of rotatable bonds is 4. The van der Waals surface area contributed by atoms with Crippen molar-refractivity contribution < 1.29 is 14.6 Å². The molecule has 0 unspecified atom stereocenters. The van der Waals surface area contributed by atoms with E-state index in [0.717, 1.165) is 7.11 Å². The van der Waals surface area contributed by atoms with E-state index in [4.69, 9.17) is 15.6 Å². The van der Waals surface area contributed by atoms with Gasteiger partial charge in [-0.05, 0) is 5.92 Å². The van der Waals surface area contributed by atoms with Crippen molar-refractivity contribution in [2.45, 2.75) is 20.3 Å². The largest absolute Gasteiger partial charge is 0.465 e. The van der Waals surface area contributed by atoms with Gasteiger partial charge in [-0.2, -0.15) is 0 Å². The van der Waals surface area contributed by atoms with Gasteiger partial charge in [-0.25, -0.2) is 0 Å². The van der Waals surface area contributed by atoms with Crippen molar-refractivity contribution in [1.82, 2.24) is 0 Å².